The van der Waals surface area contributed by atoms with E-state index in [4.69, 9.17) is 4.98 Å². The quantitative estimate of drug-likeness (QED) is 0.580. The number of nitrogens with zero attached hydrogens (tertiary/aromatic N) is 5. The largest absolute Gasteiger partial charge is 0.323 e. The molecule has 0 fully saturated rings. The van der Waals surface area contributed by atoms with Crippen molar-refractivity contribution in [1.82, 2.24) is 24.3 Å². The maximum atomic E-state index is 12.5. The van der Waals surface area contributed by atoms with Gasteiger partial charge in [-0.15, -0.1) is 11.3 Å². The van der Waals surface area contributed by atoms with Crippen LogP contribution in [0.4, 0.5) is 0 Å². The Bertz CT molecular complexity index is 1060. The highest BCUT2D eigenvalue weighted by Gasteiger charge is 2.17. The van der Waals surface area contributed by atoms with Crippen molar-refractivity contribution in [2.24, 2.45) is 7.05 Å². The monoisotopic (exact) mass is 325 g/mol. The Labute approximate surface area is 136 Å². The molecule has 7 heteroatoms. The van der Waals surface area contributed by atoms with Gasteiger partial charge in [-0.2, -0.15) is 5.10 Å². The van der Waals surface area contributed by atoms with Crippen molar-refractivity contribution < 1.29 is 0 Å². The number of aryl methyl sites for hydroxylation is 2. The van der Waals surface area contributed by atoms with Crippen LogP contribution in [0.3, 0.4) is 0 Å². The molecule has 0 bridgehead atoms. The molecule has 0 saturated heterocycles. The van der Waals surface area contributed by atoms with Crippen LogP contribution in [-0.4, -0.2) is 24.3 Å². The number of aromatic nitrogens is 5. The molecule has 6 nitrogen and oxygen atoms in total. The second kappa shape index (κ2) is 5.27. The molecule has 116 valence electrons. The normalized spacial score (nSPS) is 11.6. The number of fused-ring (bicyclic) bond motifs is 3. The molecule has 0 saturated carbocycles. The zero-order valence-electron chi connectivity index (χ0n) is 12.9. The van der Waals surface area contributed by atoms with Crippen molar-refractivity contribution in [3.8, 4) is 0 Å². The van der Waals surface area contributed by atoms with E-state index < -0.39 is 0 Å². The van der Waals surface area contributed by atoms with Crippen molar-refractivity contribution >= 4 is 32.6 Å². The first-order valence-electron chi connectivity index (χ1n) is 7.43. The average Bonchev–Trinajstić information content (AvgIpc) is 3.08. The van der Waals surface area contributed by atoms with Crippen LogP contribution in [0.5, 0.6) is 0 Å². The molecule has 0 unspecified atom stereocenters. The minimum absolute atomic E-state index is 0.0658. The third-order valence-corrected chi connectivity index (χ3v) is 5.01. The van der Waals surface area contributed by atoms with Gasteiger partial charge >= 0.3 is 0 Å². The SMILES string of the molecule is CCn1ncc2c3sc(Cc4ccccn4)nc3n(C)c2c1=O. The standard InChI is InChI=1S/C16H15N5OS/c1-3-21-16(22)13-11(9-18-21)14-15(20(13)2)19-12(23-14)8-10-6-4-5-7-17-10/h4-7,9H,3,8H2,1-2H3. The molecular formula is C16H15N5OS. The summed E-state index contributed by atoms with van der Waals surface area (Å²) in [6.45, 7) is 2.47. The number of hydrogen-bond donors (Lipinski definition) is 0. The molecule has 0 spiro atoms. The fourth-order valence-corrected chi connectivity index (χ4v) is 3.91. The molecule has 0 aliphatic rings. The van der Waals surface area contributed by atoms with Crippen LogP contribution in [0.2, 0.25) is 0 Å². The van der Waals surface area contributed by atoms with E-state index in [9.17, 15) is 4.79 Å². The van der Waals surface area contributed by atoms with Crippen molar-refractivity contribution in [3.63, 3.8) is 0 Å². The van der Waals surface area contributed by atoms with Crippen LogP contribution in [0, 0.1) is 0 Å². The van der Waals surface area contributed by atoms with E-state index in [1.165, 1.54) is 4.68 Å². The second-order valence-corrected chi connectivity index (χ2v) is 6.43. The highest BCUT2D eigenvalue weighted by atomic mass is 32.1. The molecule has 0 aliphatic heterocycles. The van der Waals surface area contributed by atoms with E-state index >= 15 is 0 Å². The molecule has 23 heavy (non-hydrogen) atoms. The Balaban J connectivity index is 1.89. The molecule has 0 N–H and O–H groups in total. The molecule has 0 aliphatic carbocycles. The van der Waals surface area contributed by atoms with E-state index in [-0.39, 0.29) is 5.56 Å². The molecule has 4 aromatic heterocycles. The predicted molar refractivity (Wildman–Crippen MR) is 90.9 cm³/mol. The summed E-state index contributed by atoms with van der Waals surface area (Å²) >= 11 is 1.60. The summed E-state index contributed by atoms with van der Waals surface area (Å²) in [6.07, 6.45) is 4.25. The first-order valence-corrected chi connectivity index (χ1v) is 8.24. The van der Waals surface area contributed by atoms with Crippen molar-refractivity contribution in [1.29, 1.82) is 0 Å². The van der Waals surface area contributed by atoms with Crippen molar-refractivity contribution in [2.45, 2.75) is 19.9 Å². The zero-order chi connectivity index (χ0) is 16.0. The summed E-state index contributed by atoms with van der Waals surface area (Å²) in [6, 6.07) is 5.87. The average molecular weight is 325 g/mol. The minimum atomic E-state index is -0.0658. The Kier molecular flexibility index (Phi) is 3.23. The summed E-state index contributed by atoms with van der Waals surface area (Å²) in [7, 11) is 1.89. The van der Waals surface area contributed by atoms with Gasteiger partial charge in [0.2, 0.25) is 0 Å². The number of hydrogen-bond acceptors (Lipinski definition) is 5. The van der Waals surface area contributed by atoms with E-state index in [2.05, 4.69) is 10.1 Å². The Morgan fingerprint density at radius 2 is 2.17 bits per heavy atom. The lowest BCUT2D eigenvalue weighted by Gasteiger charge is -2.01. The first-order chi connectivity index (χ1) is 11.2. The van der Waals surface area contributed by atoms with E-state index in [0.29, 0.717) is 18.5 Å². The van der Waals surface area contributed by atoms with Crippen LogP contribution in [0.25, 0.3) is 21.3 Å². The summed E-state index contributed by atoms with van der Waals surface area (Å²) < 4.78 is 4.36. The predicted octanol–water partition coefficient (Wildman–Crippen LogP) is 2.35. The minimum Gasteiger partial charge on any atom is -0.323 e. The lowest BCUT2D eigenvalue weighted by Crippen LogP contribution is -2.23. The number of thiazole rings is 1. The van der Waals surface area contributed by atoms with Gasteiger partial charge in [0, 0.05) is 37.3 Å². The molecule has 0 amide bonds. The van der Waals surface area contributed by atoms with E-state index in [0.717, 1.165) is 26.4 Å². The third-order valence-electron chi connectivity index (χ3n) is 3.93. The van der Waals surface area contributed by atoms with Crippen LogP contribution < -0.4 is 5.56 Å². The van der Waals surface area contributed by atoms with Gasteiger partial charge in [0.1, 0.15) is 10.5 Å². The van der Waals surface area contributed by atoms with Crippen LogP contribution >= 0.6 is 11.3 Å². The number of pyridine rings is 1. The molecule has 4 heterocycles. The second-order valence-electron chi connectivity index (χ2n) is 5.34. The van der Waals surface area contributed by atoms with Gasteiger partial charge in [-0.3, -0.25) is 9.78 Å². The van der Waals surface area contributed by atoms with Crippen molar-refractivity contribution in [2.75, 3.05) is 0 Å². The molecule has 0 aromatic carbocycles. The molecule has 4 rings (SSSR count). The number of rotatable bonds is 3. The molecule has 0 atom stereocenters. The highest BCUT2D eigenvalue weighted by Crippen LogP contribution is 2.31. The molecular weight excluding hydrogens is 310 g/mol. The Morgan fingerprint density at radius 1 is 1.30 bits per heavy atom. The molecule has 4 aromatic rings. The Hall–Kier alpha value is -2.54. The highest BCUT2D eigenvalue weighted by molar-refractivity contribution is 7.19. The summed E-state index contributed by atoms with van der Waals surface area (Å²) in [5.74, 6) is 0. The zero-order valence-corrected chi connectivity index (χ0v) is 13.7. The smallest absolute Gasteiger partial charge is 0.291 e. The van der Waals surface area contributed by atoms with Gasteiger partial charge in [-0.05, 0) is 19.1 Å². The summed E-state index contributed by atoms with van der Waals surface area (Å²) in [5, 5.41) is 6.11. The Morgan fingerprint density at radius 3 is 2.91 bits per heavy atom. The lowest BCUT2D eigenvalue weighted by molar-refractivity contribution is 0.620. The topological polar surface area (TPSA) is 65.6 Å². The van der Waals surface area contributed by atoms with Crippen LogP contribution in [-0.2, 0) is 20.0 Å². The summed E-state index contributed by atoms with van der Waals surface area (Å²) in [5.41, 5.74) is 2.43. The fraction of sp³-hybridized carbons (Fsp3) is 0.250. The first kappa shape index (κ1) is 14.1. The maximum Gasteiger partial charge on any atom is 0.291 e. The van der Waals surface area contributed by atoms with Gasteiger partial charge in [0.05, 0.1) is 10.9 Å². The third kappa shape index (κ3) is 2.16. The van der Waals surface area contributed by atoms with Gasteiger partial charge in [0.25, 0.3) is 5.56 Å². The summed E-state index contributed by atoms with van der Waals surface area (Å²) in [4.78, 5) is 21.5. The van der Waals surface area contributed by atoms with E-state index in [1.54, 1.807) is 23.7 Å². The van der Waals surface area contributed by atoms with Gasteiger partial charge < -0.3 is 4.57 Å². The van der Waals surface area contributed by atoms with E-state index in [1.807, 2.05) is 36.7 Å². The van der Waals surface area contributed by atoms with Gasteiger partial charge in [-0.1, -0.05) is 6.07 Å². The van der Waals surface area contributed by atoms with Gasteiger partial charge in [-0.25, -0.2) is 9.67 Å². The molecule has 0 radical (unpaired) electrons. The lowest BCUT2D eigenvalue weighted by atomic mass is 10.3. The van der Waals surface area contributed by atoms with Crippen LogP contribution in [0.15, 0.2) is 35.4 Å². The van der Waals surface area contributed by atoms with Crippen molar-refractivity contribution in [3.05, 3.63) is 51.6 Å². The van der Waals surface area contributed by atoms with Gasteiger partial charge in [0.15, 0.2) is 5.65 Å². The van der Waals surface area contributed by atoms with Crippen LogP contribution in [0.1, 0.15) is 17.6 Å². The maximum absolute atomic E-state index is 12.5. The fourth-order valence-electron chi connectivity index (χ4n) is 2.79.